The molecule has 474 valence electrons. The first-order valence-electron chi connectivity index (χ1n) is 33.9. The van der Waals surface area contributed by atoms with Crippen LogP contribution in [0.25, 0.3) is 0 Å². The number of rotatable bonds is 57. The van der Waals surface area contributed by atoms with Gasteiger partial charge in [-0.05, 0) is 103 Å². The summed E-state index contributed by atoms with van der Waals surface area (Å²) in [5, 5.41) is 57.1. The van der Waals surface area contributed by atoms with Crippen molar-refractivity contribution in [2.75, 3.05) is 13.2 Å². The fourth-order valence-corrected chi connectivity index (χ4v) is 10.1. The van der Waals surface area contributed by atoms with Gasteiger partial charge in [0.2, 0.25) is 5.91 Å². The lowest BCUT2D eigenvalue weighted by Crippen LogP contribution is -2.61. The molecule has 0 bridgehead atoms. The van der Waals surface area contributed by atoms with Crippen molar-refractivity contribution in [2.45, 2.75) is 339 Å². The molecule has 11 heteroatoms. The molecule has 1 aliphatic rings. The highest BCUT2D eigenvalue weighted by Crippen LogP contribution is 2.26. The van der Waals surface area contributed by atoms with Gasteiger partial charge in [0.25, 0.3) is 0 Å². The van der Waals surface area contributed by atoms with Gasteiger partial charge in [-0.15, -0.1) is 0 Å². The van der Waals surface area contributed by atoms with Gasteiger partial charge in [0.05, 0.1) is 25.4 Å². The van der Waals surface area contributed by atoms with Crippen molar-refractivity contribution in [3.63, 3.8) is 0 Å². The minimum Gasteiger partial charge on any atom is -0.454 e. The fraction of sp³-hybridized carbons (Fsp3) is 0.775. The zero-order chi connectivity index (χ0) is 59.6. The third kappa shape index (κ3) is 45.2. The van der Waals surface area contributed by atoms with Crippen molar-refractivity contribution in [3.05, 3.63) is 85.1 Å². The van der Waals surface area contributed by atoms with Crippen molar-refractivity contribution in [1.29, 1.82) is 0 Å². The highest BCUT2D eigenvalue weighted by molar-refractivity contribution is 5.80. The van der Waals surface area contributed by atoms with E-state index in [1.165, 1.54) is 135 Å². The summed E-state index contributed by atoms with van der Waals surface area (Å²) in [6.45, 7) is 5.74. The molecule has 0 spiro atoms. The molecule has 0 aromatic rings. The number of esters is 1. The number of amides is 1. The molecule has 8 unspecified atom stereocenters. The summed E-state index contributed by atoms with van der Waals surface area (Å²) in [4.78, 5) is 26.6. The first-order chi connectivity index (χ1) is 40.2. The second kappa shape index (κ2) is 58.2. The predicted octanol–water partition coefficient (Wildman–Crippen LogP) is 16.9. The molecule has 0 saturated carbocycles. The van der Waals surface area contributed by atoms with Crippen molar-refractivity contribution < 1.29 is 49.3 Å². The third-order valence-corrected chi connectivity index (χ3v) is 15.5. The van der Waals surface area contributed by atoms with Crippen molar-refractivity contribution in [1.82, 2.24) is 5.32 Å². The number of nitrogens with one attached hydrogen (secondary N) is 1. The maximum absolute atomic E-state index is 13.5. The Morgan fingerprint density at radius 3 is 1.28 bits per heavy atom. The number of allylic oxidation sites excluding steroid dienone is 13. The highest BCUT2D eigenvalue weighted by Gasteiger charge is 2.47. The summed E-state index contributed by atoms with van der Waals surface area (Å²) in [7, 11) is 0. The Hall–Kier alpha value is -3.16. The van der Waals surface area contributed by atoms with Crippen LogP contribution in [0.4, 0.5) is 0 Å². The van der Waals surface area contributed by atoms with Gasteiger partial charge in [-0.25, -0.2) is 0 Å². The first-order valence-corrected chi connectivity index (χ1v) is 33.9. The summed E-state index contributed by atoms with van der Waals surface area (Å²) >= 11 is 0. The Balaban J connectivity index is 2.63. The lowest BCUT2D eigenvalue weighted by molar-refractivity contribution is -0.305. The minimum absolute atomic E-state index is 0.106. The van der Waals surface area contributed by atoms with Crippen molar-refractivity contribution in [2.24, 2.45) is 0 Å². The van der Waals surface area contributed by atoms with E-state index in [1.54, 1.807) is 6.08 Å². The molecule has 6 N–H and O–H groups in total. The number of carbonyl (C=O) groups is 2. The van der Waals surface area contributed by atoms with Gasteiger partial charge in [0, 0.05) is 6.42 Å². The Morgan fingerprint density at radius 2 is 0.841 bits per heavy atom. The normalized spacial score (nSPS) is 19.1. The summed E-state index contributed by atoms with van der Waals surface area (Å²) in [6.07, 6.45) is 66.1. The molecule has 82 heavy (non-hydrogen) atoms. The molecule has 1 fully saturated rings. The Bertz CT molecular complexity index is 1660. The molecule has 1 rings (SSSR count). The maximum atomic E-state index is 13.5. The summed E-state index contributed by atoms with van der Waals surface area (Å²) in [5.41, 5.74) is 0. The molecule has 1 amide bonds. The van der Waals surface area contributed by atoms with Gasteiger partial charge in [-0.3, -0.25) is 9.59 Å². The quantitative estimate of drug-likeness (QED) is 0.0195. The van der Waals surface area contributed by atoms with Gasteiger partial charge < -0.3 is 45.1 Å². The van der Waals surface area contributed by atoms with Crippen LogP contribution >= 0.6 is 0 Å². The Labute approximate surface area is 502 Å². The topological polar surface area (TPSA) is 175 Å². The number of ether oxygens (including phenoxy) is 3. The van der Waals surface area contributed by atoms with E-state index >= 15 is 0 Å². The summed E-state index contributed by atoms with van der Waals surface area (Å²) < 4.78 is 17.7. The summed E-state index contributed by atoms with van der Waals surface area (Å²) in [5.74, 6) is -1.21. The van der Waals surface area contributed by atoms with Gasteiger partial charge in [0.1, 0.15) is 24.4 Å². The number of carbonyl (C=O) groups excluding carboxylic acids is 2. The highest BCUT2D eigenvalue weighted by atomic mass is 16.7. The standard InChI is InChI=1S/C71H125NO10/c1-4-7-10-13-16-19-22-25-27-29-31-32-33-35-36-38-40-43-46-49-52-55-58-64(75)70(79)72-62(63(74)57-54-51-48-45-42-24-21-18-15-12-9-6-3)61-80-71-69(68(78)67(77)65(60-73)81-71)82-66(76)59-56-53-50-47-44-41-39-37-34-30-28-26-23-20-17-14-11-8-5-2/h16-17,19-20,25-28,31-32,34,37,54,57,62-65,67-69,71,73-75,77-78H,4-15,18,21-24,29-30,33,35-36,38-53,55-56,58-61H2,1-3H3,(H,72,79)/b19-16-,20-17-,27-25-,28-26-,32-31-,37-34-,57-54+. The van der Waals surface area contributed by atoms with E-state index in [4.69, 9.17) is 14.2 Å². The van der Waals surface area contributed by atoms with E-state index in [1.807, 2.05) is 6.08 Å². The molecule has 0 aliphatic carbocycles. The van der Waals surface area contributed by atoms with E-state index in [0.717, 1.165) is 109 Å². The van der Waals surface area contributed by atoms with E-state index in [9.17, 15) is 35.1 Å². The van der Waals surface area contributed by atoms with Crippen LogP contribution in [0.1, 0.15) is 290 Å². The molecule has 0 aromatic heterocycles. The van der Waals surface area contributed by atoms with Crippen LogP contribution < -0.4 is 5.32 Å². The molecule has 11 nitrogen and oxygen atoms in total. The van der Waals surface area contributed by atoms with E-state index in [0.29, 0.717) is 12.8 Å². The Kier molecular flexibility index (Phi) is 54.6. The van der Waals surface area contributed by atoms with Gasteiger partial charge in [0.15, 0.2) is 12.4 Å². The van der Waals surface area contributed by atoms with Gasteiger partial charge >= 0.3 is 5.97 Å². The van der Waals surface area contributed by atoms with Crippen molar-refractivity contribution in [3.8, 4) is 0 Å². The molecular weight excluding hydrogens is 1030 g/mol. The average Bonchev–Trinajstić information content (AvgIpc) is 3.68. The summed E-state index contributed by atoms with van der Waals surface area (Å²) in [6, 6.07) is -1.03. The smallest absolute Gasteiger partial charge is 0.306 e. The number of hydrogen-bond acceptors (Lipinski definition) is 10. The van der Waals surface area contributed by atoms with Crippen LogP contribution in [0, 0.1) is 0 Å². The molecule has 1 heterocycles. The zero-order valence-corrected chi connectivity index (χ0v) is 52.6. The van der Waals surface area contributed by atoms with Crippen LogP contribution in [0.3, 0.4) is 0 Å². The monoisotopic (exact) mass is 1150 g/mol. The number of unbranched alkanes of at least 4 members (excludes halogenated alkanes) is 31. The van der Waals surface area contributed by atoms with Gasteiger partial charge in [-0.1, -0.05) is 266 Å². The minimum atomic E-state index is -1.62. The molecule has 8 atom stereocenters. The number of hydrogen-bond donors (Lipinski definition) is 6. The molecule has 0 aromatic carbocycles. The lowest BCUT2D eigenvalue weighted by atomic mass is 9.99. The van der Waals surface area contributed by atoms with Crippen LogP contribution in [0.15, 0.2) is 85.1 Å². The Morgan fingerprint density at radius 1 is 0.476 bits per heavy atom. The van der Waals surface area contributed by atoms with E-state index < -0.39 is 67.4 Å². The maximum Gasteiger partial charge on any atom is 0.306 e. The largest absolute Gasteiger partial charge is 0.454 e. The third-order valence-electron chi connectivity index (χ3n) is 15.5. The average molecular weight is 1150 g/mol. The van der Waals surface area contributed by atoms with Crippen LogP contribution in [0.2, 0.25) is 0 Å². The first kappa shape index (κ1) is 76.9. The van der Waals surface area contributed by atoms with Crippen molar-refractivity contribution >= 4 is 11.9 Å². The van der Waals surface area contributed by atoms with Crippen LogP contribution in [-0.2, 0) is 23.8 Å². The van der Waals surface area contributed by atoms with Crippen LogP contribution in [0.5, 0.6) is 0 Å². The molecular formula is C71H125NO10. The van der Waals surface area contributed by atoms with Crippen LogP contribution in [-0.4, -0.2) is 99.6 Å². The number of aliphatic hydroxyl groups is 5. The zero-order valence-electron chi connectivity index (χ0n) is 52.6. The molecule has 1 aliphatic heterocycles. The lowest BCUT2D eigenvalue weighted by Gasteiger charge is -2.41. The van der Waals surface area contributed by atoms with E-state index in [-0.39, 0.29) is 19.4 Å². The van der Waals surface area contributed by atoms with Gasteiger partial charge in [-0.2, -0.15) is 0 Å². The second-order valence-corrected chi connectivity index (χ2v) is 23.2. The molecule has 0 radical (unpaired) electrons. The number of aliphatic hydroxyl groups excluding tert-OH is 5. The SMILES string of the molecule is CCCCC/C=C\C/C=C\C/C=C\CCCCCCCCCCCC(O)C(=O)NC(COC1OC(CO)C(O)C(O)C1OC(=O)CCCCCCCC/C=C\C/C=C\C/C=C\CCCCC)C(O)/C=C/CCCCCCCCCCCC. The fourth-order valence-electron chi connectivity index (χ4n) is 10.1. The second-order valence-electron chi connectivity index (χ2n) is 23.2. The molecule has 1 saturated heterocycles. The predicted molar refractivity (Wildman–Crippen MR) is 342 cm³/mol. The van der Waals surface area contributed by atoms with E-state index in [2.05, 4.69) is 99.0 Å².